The maximum atomic E-state index is 12.7. The number of thiophene rings is 1. The molecule has 3 aromatic rings. The zero-order valence-corrected chi connectivity index (χ0v) is 24.3. The summed E-state index contributed by atoms with van der Waals surface area (Å²) in [6.45, 7) is 8.42. The van der Waals surface area contributed by atoms with Gasteiger partial charge in [-0.15, -0.1) is 11.3 Å². The minimum atomic E-state index is -0.758. The maximum absolute atomic E-state index is 12.7. The minimum Gasteiger partial charge on any atom is -0.494 e. The highest BCUT2D eigenvalue weighted by atomic mass is 32.1. The van der Waals surface area contributed by atoms with Gasteiger partial charge in [-0.1, -0.05) is 25.5 Å². The van der Waals surface area contributed by atoms with Gasteiger partial charge in [-0.3, -0.25) is 14.5 Å². The number of hydrogen-bond donors (Lipinski definition) is 1. The molecule has 214 valence electrons. The van der Waals surface area contributed by atoms with Gasteiger partial charge in [0.1, 0.15) is 5.75 Å². The molecule has 1 amide bonds. The van der Waals surface area contributed by atoms with Gasteiger partial charge in [0.05, 0.1) is 18.2 Å². The smallest absolute Gasteiger partial charge is 0.306 e. The zero-order chi connectivity index (χ0) is 27.9. The number of aryl methyl sites for hydroxylation is 1. The van der Waals surface area contributed by atoms with Gasteiger partial charge in [-0.25, -0.2) is 0 Å². The molecule has 7 nitrogen and oxygen atoms in total. The highest BCUT2D eigenvalue weighted by molar-refractivity contribution is 7.17. The zero-order valence-electron chi connectivity index (χ0n) is 23.5. The summed E-state index contributed by atoms with van der Waals surface area (Å²) in [5.74, 6) is -0.149. The van der Waals surface area contributed by atoms with Crippen molar-refractivity contribution in [3.05, 3.63) is 53.4 Å². The number of nitrogens with zero attached hydrogens (tertiary/aromatic N) is 3. The largest absolute Gasteiger partial charge is 0.494 e. The first-order chi connectivity index (χ1) is 19.5. The Morgan fingerprint density at radius 2 is 1.80 bits per heavy atom. The molecular weight excluding hydrogens is 522 g/mol. The second kappa shape index (κ2) is 13.5. The van der Waals surface area contributed by atoms with E-state index in [-0.39, 0.29) is 11.8 Å². The Morgan fingerprint density at radius 3 is 2.62 bits per heavy atom. The van der Waals surface area contributed by atoms with E-state index >= 15 is 0 Å². The van der Waals surface area contributed by atoms with Crippen LogP contribution in [0.5, 0.6) is 5.75 Å². The van der Waals surface area contributed by atoms with E-state index in [1.54, 1.807) is 6.92 Å². The predicted molar refractivity (Wildman–Crippen MR) is 163 cm³/mol. The summed E-state index contributed by atoms with van der Waals surface area (Å²) >= 11 is 1.81. The molecule has 1 saturated heterocycles. The van der Waals surface area contributed by atoms with Gasteiger partial charge >= 0.3 is 5.97 Å². The normalized spacial score (nSPS) is 16.8. The number of carboxylic acid groups (broad SMARTS) is 1. The first kappa shape index (κ1) is 28.4. The lowest BCUT2D eigenvalue weighted by atomic mass is 9.99. The summed E-state index contributed by atoms with van der Waals surface area (Å²) in [5.41, 5.74) is 3.50. The van der Waals surface area contributed by atoms with Crippen LogP contribution in [0.25, 0.3) is 10.1 Å². The summed E-state index contributed by atoms with van der Waals surface area (Å²) in [4.78, 5) is 30.7. The number of aliphatic carboxylic acids is 1. The van der Waals surface area contributed by atoms with Crippen LogP contribution < -0.4 is 14.5 Å². The Bertz CT molecular complexity index is 1300. The number of anilines is 2. The van der Waals surface area contributed by atoms with E-state index in [0.717, 1.165) is 76.3 Å². The van der Waals surface area contributed by atoms with E-state index < -0.39 is 5.97 Å². The third-order valence-electron chi connectivity index (χ3n) is 8.27. The number of carboxylic acids is 1. The molecule has 2 aliphatic rings. The number of piperazine rings is 1. The molecule has 1 atom stereocenters. The predicted octanol–water partition coefficient (Wildman–Crippen LogP) is 6.05. The summed E-state index contributed by atoms with van der Waals surface area (Å²) in [6, 6.07) is 15.0. The van der Waals surface area contributed by atoms with Crippen LogP contribution in [0.1, 0.15) is 51.0 Å². The van der Waals surface area contributed by atoms with Crippen molar-refractivity contribution in [3.8, 4) is 5.75 Å². The van der Waals surface area contributed by atoms with Gasteiger partial charge < -0.3 is 19.6 Å². The number of unbranched alkanes of at least 4 members (excludes halogenated alkanes) is 2. The summed E-state index contributed by atoms with van der Waals surface area (Å²) in [7, 11) is 0. The standard InChI is InChI=1S/C32H41N3O4S/c1-24(32(37)38)7-2-3-16-35-29-23-26(12-10-25(29)11-13-31(35)36)39-21-5-4-15-33-17-19-34(20-18-33)28-8-6-9-30-27(28)14-22-40-30/h6,8-10,12,14,22-24H,2-5,7,11,13,15-21H2,1H3,(H,37,38). The summed E-state index contributed by atoms with van der Waals surface area (Å²) in [5, 5.41) is 12.6. The molecule has 1 N–H and O–H groups in total. The number of carbonyl (C=O) groups excluding carboxylic acids is 1. The molecule has 1 unspecified atom stereocenters. The van der Waals surface area contributed by atoms with Crippen LogP contribution in [0.4, 0.5) is 11.4 Å². The molecule has 40 heavy (non-hydrogen) atoms. The van der Waals surface area contributed by atoms with Crippen LogP contribution in [0.15, 0.2) is 47.8 Å². The molecule has 0 bridgehead atoms. The molecule has 0 saturated carbocycles. The summed E-state index contributed by atoms with van der Waals surface area (Å²) < 4.78 is 7.47. The maximum Gasteiger partial charge on any atom is 0.306 e. The highest BCUT2D eigenvalue weighted by Gasteiger charge is 2.24. The molecule has 8 heteroatoms. The van der Waals surface area contributed by atoms with Crippen LogP contribution in [-0.2, 0) is 16.0 Å². The Hall–Kier alpha value is -3.10. The fraction of sp³-hybridized carbons (Fsp3) is 0.500. The number of hydrogen-bond acceptors (Lipinski definition) is 6. The lowest BCUT2D eigenvalue weighted by Crippen LogP contribution is -2.46. The fourth-order valence-electron chi connectivity index (χ4n) is 5.79. The Morgan fingerprint density at radius 1 is 0.975 bits per heavy atom. The molecule has 2 aromatic carbocycles. The third kappa shape index (κ3) is 6.96. The number of amides is 1. The average Bonchev–Trinajstić information content (AvgIpc) is 3.45. The monoisotopic (exact) mass is 563 g/mol. The summed E-state index contributed by atoms with van der Waals surface area (Å²) in [6.07, 6.45) is 5.61. The van der Waals surface area contributed by atoms with Crippen molar-refractivity contribution in [2.24, 2.45) is 5.92 Å². The topological polar surface area (TPSA) is 73.3 Å². The SMILES string of the molecule is CC(CCCCN1C(=O)CCc2ccc(OCCCCN3CCN(c4cccc5sccc45)CC3)cc21)C(=O)O. The van der Waals surface area contributed by atoms with Crippen LogP contribution in [-0.4, -0.2) is 67.8 Å². The van der Waals surface area contributed by atoms with Crippen LogP contribution in [0, 0.1) is 5.92 Å². The van der Waals surface area contributed by atoms with Crippen molar-refractivity contribution in [3.63, 3.8) is 0 Å². The fourth-order valence-corrected chi connectivity index (χ4v) is 6.60. The molecule has 0 aliphatic carbocycles. The van der Waals surface area contributed by atoms with Gasteiger partial charge in [0, 0.05) is 61.0 Å². The van der Waals surface area contributed by atoms with Crippen molar-refractivity contribution in [2.45, 2.75) is 51.9 Å². The second-order valence-corrected chi connectivity index (χ2v) is 12.0. The molecular formula is C32H41N3O4S. The van der Waals surface area contributed by atoms with Gasteiger partial charge in [-0.2, -0.15) is 0 Å². The van der Waals surface area contributed by atoms with E-state index in [1.165, 1.54) is 21.3 Å². The van der Waals surface area contributed by atoms with Crippen molar-refractivity contribution in [1.82, 2.24) is 4.90 Å². The number of fused-ring (bicyclic) bond motifs is 2. The van der Waals surface area contributed by atoms with Crippen molar-refractivity contribution in [1.29, 1.82) is 0 Å². The van der Waals surface area contributed by atoms with Crippen molar-refractivity contribution in [2.75, 3.05) is 55.7 Å². The number of rotatable bonds is 13. The van der Waals surface area contributed by atoms with Gasteiger partial charge in [-0.05, 0) is 73.9 Å². The van der Waals surface area contributed by atoms with Crippen LogP contribution in [0.3, 0.4) is 0 Å². The number of carbonyl (C=O) groups is 2. The van der Waals surface area contributed by atoms with Crippen LogP contribution in [0.2, 0.25) is 0 Å². The van der Waals surface area contributed by atoms with Gasteiger partial charge in [0.2, 0.25) is 5.91 Å². The first-order valence-corrected chi connectivity index (χ1v) is 15.6. The third-order valence-corrected chi connectivity index (χ3v) is 9.15. The number of benzene rings is 2. The molecule has 1 aromatic heterocycles. The molecule has 5 rings (SSSR count). The van der Waals surface area contributed by atoms with E-state index in [4.69, 9.17) is 9.84 Å². The number of ether oxygens (including phenoxy) is 1. The Kier molecular flexibility index (Phi) is 9.60. The Balaban J connectivity index is 1.04. The quantitative estimate of drug-likeness (QED) is 0.255. The van der Waals surface area contributed by atoms with Crippen molar-refractivity contribution >= 4 is 44.7 Å². The van der Waals surface area contributed by atoms with E-state index in [0.29, 0.717) is 26.0 Å². The minimum absolute atomic E-state index is 0.142. The van der Waals surface area contributed by atoms with E-state index in [1.807, 2.05) is 28.4 Å². The Labute approximate surface area is 241 Å². The molecule has 0 radical (unpaired) electrons. The van der Waals surface area contributed by atoms with Gasteiger partial charge in [0.15, 0.2) is 0 Å². The lowest BCUT2D eigenvalue weighted by Gasteiger charge is -2.36. The molecule has 2 aliphatic heterocycles. The van der Waals surface area contributed by atoms with Crippen LogP contribution >= 0.6 is 11.3 Å². The first-order valence-electron chi connectivity index (χ1n) is 14.7. The van der Waals surface area contributed by atoms with Crippen molar-refractivity contribution < 1.29 is 19.4 Å². The molecule has 0 spiro atoms. The average molecular weight is 564 g/mol. The lowest BCUT2D eigenvalue weighted by molar-refractivity contribution is -0.141. The van der Waals surface area contributed by atoms with E-state index in [9.17, 15) is 9.59 Å². The molecule has 1 fully saturated rings. The second-order valence-electron chi connectivity index (χ2n) is 11.1. The van der Waals surface area contributed by atoms with E-state index in [2.05, 4.69) is 45.5 Å². The highest BCUT2D eigenvalue weighted by Crippen LogP contribution is 2.33. The molecule has 3 heterocycles. The van der Waals surface area contributed by atoms with Gasteiger partial charge in [0.25, 0.3) is 0 Å².